The highest BCUT2D eigenvalue weighted by molar-refractivity contribution is 6.29. The van der Waals surface area contributed by atoms with E-state index in [1.54, 1.807) is 37.4 Å². The van der Waals surface area contributed by atoms with Gasteiger partial charge in [0, 0.05) is 37.7 Å². The fourth-order valence-electron chi connectivity index (χ4n) is 2.25. The van der Waals surface area contributed by atoms with E-state index in [1.807, 2.05) is 25.3 Å². The molecular formula is C16H17ClN4O2. The topological polar surface area (TPSA) is 62.1 Å². The SMILES string of the molecule is COC(C)(Cn1cc(-c2cnc3ccc(Cl)nc3c2)cn1)OC. The molecule has 120 valence electrons. The van der Waals surface area contributed by atoms with Gasteiger partial charge in [-0.15, -0.1) is 0 Å². The molecule has 23 heavy (non-hydrogen) atoms. The van der Waals surface area contributed by atoms with Crippen LogP contribution in [0.2, 0.25) is 5.15 Å². The molecule has 7 heteroatoms. The van der Waals surface area contributed by atoms with Crippen LogP contribution in [-0.2, 0) is 16.0 Å². The predicted molar refractivity (Wildman–Crippen MR) is 88.2 cm³/mol. The number of rotatable bonds is 5. The van der Waals surface area contributed by atoms with Crippen molar-refractivity contribution in [3.05, 3.63) is 41.9 Å². The van der Waals surface area contributed by atoms with Crippen LogP contribution in [0, 0.1) is 0 Å². The first-order valence-electron chi connectivity index (χ1n) is 7.08. The first-order valence-corrected chi connectivity index (χ1v) is 7.46. The summed E-state index contributed by atoms with van der Waals surface area (Å²) < 4.78 is 12.5. The van der Waals surface area contributed by atoms with Crippen LogP contribution in [-0.4, -0.2) is 39.8 Å². The molecule has 3 aromatic heterocycles. The number of hydrogen-bond donors (Lipinski definition) is 0. The van der Waals surface area contributed by atoms with E-state index in [1.165, 1.54) is 0 Å². The standard InChI is InChI=1S/C16H17ClN4O2/c1-16(22-2,23-3)10-21-9-12(8-19-21)11-6-14-13(18-7-11)4-5-15(17)20-14/h4-9H,10H2,1-3H3. The van der Waals surface area contributed by atoms with E-state index in [-0.39, 0.29) is 0 Å². The Morgan fingerprint density at radius 3 is 2.65 bits per heavy atom. The van der Waals surface area contributed by atoms with Gasteiger partial charge in [-0.2, -0.15) is 5.10 Å². The van der Waals surface area contributed by atoms with Gasteiger partial charge in [-0.1, -0.05) is 11.6 Å². The smallest absolute Gasteiger partial charge is 0.184 e. The molecule has 0 saturated carbocycles. The van der Waals surface area contributed by atoms with Gasteiger partial charge in [0.05, 0.1) is 23.8 Å². The van der Waals surface area contributed by atoms with Crippen LogP contribution >= 0.6 is 11.6 Å². The molecule has 0 amide bonds. The molecule has 0 aliphatic heterocycles. The van der Waals surface area contributed by atoms with Gasteiger partial charge in [0.25, 0.3) is 0 Å². The van der Waals surface area contributed by atoms with E-state index in [0.29, 0.717) is 11.7 Å². The average molecular weight is 333 g/mol. The van der Waals surface area contributed by atoms with Gasteiger partial charge in [-0.05, 0) is 25.1 Å². The van der Waals surface area contributed by atoms with Crippen LogP contribution < -0.4 is 0 Å². The van der Waals surface area contributed by atoms with E-state index < -0.39 is 5.79 Å². The highest BCUT2D eigenvalue weighted by Gasteiger charge is 2.23. The van der Waals surface area contributed by atoms with Crippen molar-refractivity contribution in [1.82, 2.24) is 19.7 Å². The second kappa shape index (κ2) is 6.23. The largest absolute Gasteiger partial charge is 0.352 e. The average Bonchev–Trinajstić information content (AvgIpc) is 3.02. The van der Waals surface area contributed by atoms with Gasteiger partial charge in [0.2, 0.25) is 0 Å². The lowest BCUT2D eigenvalue weighted by Crippen LogP contribution is -2.35. The maximum atomic E-state index is 5.94. The van der Waals surface area contributed by atoms with Gasteiger partial charge >= 0.3 is 0 Å². The van der Waals surface area contributed by atoms with Crippen molar-refractivity contribution in [3.8, 4) is 11.1 Å². The van der Waals surface area contributed by atoms with Crippen molar-refractivity contribution < 1.29 is 9.47 Å². The summed E-state index contributed by atoms with van der Waals surface area (Å²) in [6, 6.07) is 5.52. The second-order valence-corrected chi connectivity index (χ2v) is 5.75. The molecule has 0 atom stereocenters. The van der Waals surface area contributed by atoms with E-state index in [9.17, 15) is 0 Å². The highest BCUT2D eigenvalue weighted by atomic mass is 35.5. The fourth-order valence-corrected chi connectivity index (χ4v) is 2.40. The number of halogens is 1. The third-order valence-electron chi connectivity index (χ3n) is 3.78. The molecule has 0 aliphatic rings. The van der Waals surface area contributed by atoms with Crippen molar-refractivity contribution in [2.75, 3.05) is 14.2 Å². The van der Waals surface area contributed by atoms with Gasteiger partial charge in [0.1, 0.15) is 5.15 Å². The van der Waals surface area contributed by atoms with Crippen molar-refractivity contribution >= 4 is 22.6 Å². The van der Waals surface area contributed by atoms with Crippen LogP contribution in [0.1, 0.15) is 6.92 Å². The third-order valence-corrected chi connectivity index (χ3v) is 3.99. The predicted octanol–water partition coefficient (Wildman–Crippen LogP) is 3.16. The number of aromatic nitrogens is 4. The van der Waals surface area contributed by atoms with E-state index in [2.05, 4.69) is 15.1 Å². The maximum Gasteiger partial charge on any atom is 0.184 e. The molecule has 0 spiro atoms. The van der Waals surface area contributed by atoms with Gasteiger partial charge in [-0.25, -0.2) is 4.98 Å². The summed E-state index contributed by atoms with van der Waals surface area (Å²) in [4.78, 5) is 8.70. The molecule has 3 rings (SSSR count). The summed E-state index contributed by atoms with van der Waals surface area (Å²) in [7, 11) is 3.22. The molecule has 0 fully saturated rings. The molecular weight excluding hydrogens is 316 g/mol. The molecule has 0 N–H and O–H groups in total. The number of nitrogens with zero attached hydrogens (tertiary/aromatic N) is 4. The Balaban J connectivity index is 1.91. The van der Waals surface area contributed by atoms with Crippen molar-refractivity contribution in [2.24, 2.45) is 0 Å². The van der Waals surface area contributed by atoms with E-state index >= 15 is 0 Å². The lowest BCUT2D eigenvalue weighted by atomic mass is 10.1. The Kier molecular flexibility index (Phi) is 4.30. The monoisotopic (exact) mass is 332 g/mol. The van der Waals surface area contributed by atoms with Crippen LogP contribution in [0.5, 0.6) is 0 Å². The normalized spacial score (nSPS) is 12.0. The number of pyridine rings is 2. The molecule has 3 aromatic rings. The summed E-state index contributed by atoms with van der Waals surface area (Å²) in [6.45, 7) is 2.34. The fraction of sp³-hybridized carbons (Fsp3) is 0.312. The minimum absolute atomic E-state index is 0.447. The summed E-state index contributed by atoms with van der Waals surface area (Å²) in [5.41, 5.74) is 3.42. The zero-order valence-electron chi connectivity index (χ0n) is 13.2. The summed E-state index contributed by atoms with van der Waals surface area (Å²) >= 11 is 5.94. The van der Waals surface area contributed by atoms with E-state index in [4.69, 9.17) is 21.1 Å². The summed E-state index contributed by atoms with van der Waals surface area (Å²) in [6.07, 6.45) is 5.49. The Bertz CT molecular complexity index is 830. The van der Waals surface area contributed by atoms with Crippen molar-refractivity contribution in [2.45, 2.75) is 19.3 Å². The van der Waals surface area contributed by atoms with Crippen LogP contribution in [0.4, 0.5) is 0 Å². The number of ether oxygens (including phenoxy) is 2. The molecule has 0 radical (unpaired) electrons. The van der Waals surface area contributed by atoms with Crippen LogP contribution in [0.25, 0.3) is 22.2 Å². The van der Waals surface area contributed by atoms with Crippen LogP contribution in [0.15, 0.2) is 36.8 Å². The number of hydrogen-bond acceptors (Lipinski definition) is 5. The first-order chi connectivity index (χ1) is 11.0. The lowest BCUT2D eigenvalue weighted by molar-refractivity contribution is -0.202. The van der Waals surface area contributed by atoms with Crippen molar-refractivity contribution in [3.63, 3.8) is 0 Å². The Morgan fingerprint density at radius 2 is 1.91 bits per heavy atom. The molecule has 3 heterocycles. The number of fused-ring (bicyclic) bond motifs is 1. The maximum absolute atomic E-state index is 5.94. The molecule has 0 unspecified atom stereocenters. The second-order valence-electron chi connectivity index (χ2n) is 5.36. The van der Waals surface area contributed by atoms with Gasteiger partial charge < -0.3 is 9.47 Å². The van der Waals surface area contributed by atoms with Crippen LogP contribution in [0.3, 0.4) is 0 Å². The third kappa shape index (κ3) is 3.34. The zero-order valence-corrected chi connectivity index (χ0v) is 13.9. The van der Waals surface area contributed by atoms with Gasteiger partial charge in [0.15, 0.2) is 5.79 Å². The quantitative estimate of drug-likeness (QED) is 0.530. The Hall–Kier alpha value is -2.02. The highest BCUT2D eigenvalue weighted by Crippen LogP contribution is 2.23. The zero-order chi connectivity index (χ0) is 16.4. The van der Waals surface area contributed by atoms with Gasteiger partial charge in [-0.3, -0.25) is 9.67 Å². The minimum Gasteiger partial charge on any atom is -0.352 e. The van der Waals surface area contributed by atoms with E-state index in [0.717, 1.165) is 22.2 Å². The Labute approximate surface area is 139 Å². The molecule has 0 aliphatic carbocycles. The Morgan fingerprint density at radius 1 is 1.13 bits per heavy atom. The molecule has 0 saturated heterocycles. The molecule has 0 aromatic carbocycles. The summed E-state index contributed by atoms with van der Waals surface area (Å²) in [5.74, 6) is -0.722. The molecule has 6 nitrogen and oxygen atoms in total. The first kappa shape index (κ1) is 15.9. The number of methoxy groups -OCH3 is 2. The lowest BCUT2D eigenvalue weighted by Gasteiger charge is -2.25. The van der Waals surface area contributed by atoms with Crippen molar-refractivity contribution in [1.29, 1.82) is 0 Å². The minimum atomic E-state index is -0.722. The summed E-state index contributed by atoms with van der Waals surface area (Å²) in [5, 5.41) is 4.80. The molecule has 0 bridgehead atoms.